The highest BCUT2D eigenvalue weighted by molar-refractivity contribution is 5.84. The lowest BCUT2D eigenvalue weighted by atomic mass is 10.4. The molecule has 0 aromatic carbocycles. The van der Waals surface area contributed by atoms with E-state index in [1.165, 1.54) is 6.07 Å². The Hall–Kier alpha value is -2.90. The van der Waals surface area contributed by atoms with E-state index >= 15 is 0 Å². The van der Waals surface area contributed by atoms with Crippen LogP contribution in [0.1, 0.15) is 16.3 Å². The first kappa shape index (κ1) is 11.2. The van der Waals surface area contributed by atoms with Crippen molar-refractivity contribution in [3.8, 4) is 0 Å². The van der Waals surface area contributed by atoms with Crippen LogP contribution in [-0.2, 0) is 6.54 Å². The summed E-state index contributed by atoms with van der Waals surface area (Å²) < 4.78 is 6.85. The summed E-state index contributed by atoms with van der Waals surface area (Å²) in [6.45, 7) is 0.312. The number of nitrogens with one attached hydrogen (secondary N) is 1. The molecule has 0 atom stereocenters. The minimum absolute atomic E-state index is 0.0922. The van der Waals surface area contributed by atoms with Crippen molar-refractivity contribution < 1.29 is 14.3 Å². The molecule has 0 saturated heterocycles. The van der Waals surface area contributed by atoms with Crippen molar-refractivity contribution in [1.29, 1.82) is 0 Å². The van der Waals surface area contributed by atoms with Crippen LogP contribution in [0.5, 0.6) is 0 Å². The van der Waals surface area contributed by atoms with Crippen LogP contribution in [0.15, 0.2) is 35.3 Å². The van der Waals surface area contributed by atoms with Gasteiger partial charge in [-0.2, -0.15) is 0 Å². The molecule has 0 unspecified atom stereocenters. The maximum Gasteiger partial charge on any atom is 0.371 e. The van der Waals surface area contributed by atoms with Gasteiger partial charge in [-0.25, -0.2) is 9.78 Å². The maximum absolute atomic E-state index is 10.7. The highest BCUT2D eigenvalue weighted by atomic mass is 16.4. The topological polar surface area (TPSA) is 106 Å². The monoisotopic (exact) mass is 259 g/mol. The van der Waals surface area contributed by atoms with Gasteiger partial charge in [0.15, 0.2) is 5.82 Å². The van der Waals surface area contributed by atoms with Crippen molar-refractivity contribution in [2.75, 3.05) is 5.32 Å². The average molecular weight is 259 g/mol. The summed E-state index contributed by atoms with van der Waals surface area (Å²) in [4.78, 5) is 14.8. The van der Waals surface area contributed by atoms with Crippen molar-refractivity contribution in [1.82, 2.24) is 19.6 Å². The molecular formula is C11H9N5O3. The van der Waals surface area contributed by atoms with Crippen LogP contribution in [0, 0.1) is 0 Å². The number of carboxylic acids is 1. The number of fused-ring (bicyclic) bond motifs is 1. The zero-order valence-corrected chi connectivity index (χ0v) is 9.65. The molecule has 96 valence electrons. The molecule has 0 aliphatic carbocycles. The second kappa shape index (κ2) is 4.41. The SMILES string of the molecule is O=C(O)c1ccc(CNc2nccn3cnnc23)o1. The molecule has 8 heteroatoms. The minimum Gasteiger partial charge on any atom is -0.475 e. The molecule has 0 aliphatic heterocycles. The van der Waals surface area contributed by atoms with Crippen LogP contribution in [0.25, 0.3) is 5.65 Å². The Morgan fingerprint density at radius 1 is 1.47 bits per heavy atom. The highest BCUT2D eigenvalue weighted by Crippen LogP contribution is 2.13. The predicted octanol–water partition coefficient (Wildman–Crippen LogP) is 1.03. The standard InChI is InChI=1S/C11H9N5O3/c17-11(18)8-2-1-7(19-8)5-13-9-10-15-14-6-16(10)4-3-12-9/h1-4,6H,5H2,(H,12,13)(H,17,18). The van der Waals surface area contributed by atoms with E-state index in [9.17, 15) is 4.79 Å². The summed E-state index contributed by atoms with van der Waals surface area (Å²) in [5.74, 6) is -0.136. The van der Waals surface area contributed by atoms with Gasteiger partial charge >= 0.3 is 5.97 Å². The molecule has 0 amide bonds. The molecule has 0 fully saturated rings. The van der Waals surface area contributed by atoms with Gasteiger partial charge in [0, 0.05) is 12.4 Å². The zero-order valence-electron chi connectivity index (χ0n) is 9.65. The first-order valence-electron chi connectivity index (χ1n) is 5.44. The smallest absolute Gasteiger partial charge is 0.371 e. The Morgan fingerprint density at radius 2 is 2.37 bits per heavy atom. The summed E-state index contributed by atoms with van der Waals surface area (Å²) in [6, 6.07) is 3.00. The Morgan fingerprint density at radius 3 is 3.16 bits per heavy atom. The van der Waals surface area contributed by atoms with E-state index in [1.807, 2.05) is 0 Å². The number of rotatable bonds is 4. The van der Waals surface area contributed by atoms with Gasteiger partial charge < -0.3 is 14.8 Å². The third-order valence-corrected chi connectivity index (χ3v) is 2.52. The van der Waals surface area contributed by atoms with Crippen LogP contribution in [0.3, 0.4) is 0 Å². The average Bonchev–Trinajstić information content (AvgIpc) is 3.05. The lowest BCUT2D eigenvalue weighted by Gasteiger charge is -2.03. The van der Waals surface area contributed by atoms with E-state index in [2.05, 4.69) is 20.5 Å². The Balaban J connectivity index is 1.78. The highest BCUT2D eigenvalue weighted by Gasteiger charge is 2.10. The second-order valence-electron chi connectivity index (χ2n) is 3.76. The van der Waals surface area contributed by atoms with Gasteiger partial charge in [0.1, 0.15) is 12.1 Å². The van der Waals surface area contributed by atoms with Gasteiger partial charge in [0.05, 0.1) is 6.54 Å². The number of carboxylic acid groups (broad SMARTS) is 1. The summed E-state index contributed by atoms with van der Waals surface area (Å²) in [7, 11) is 0. The first-order chi connectivity index (χ1) is 9.24. The molecule has 8 nitrogen and oxygen atoms in total. The number of hydrogen-bond acceptors (Lipinski definition) is 6. The summed E-state index contributed by atoms with van der Waals surface area (Å²) in [5, 5.41) is 19.5. The lowest BCUT2D eigenvalue weighted by molar-refractivity contribution is 0.0660. The van der Waals surface area contributed by atoms with E-state index in [-0.39, 0.29) is 5.76 Å². The third kappa shape index (κ3) is 2.10. The van der Waals surface area contributed by atoms with Gasteiger partial charge in [-0.3, -0.25) is 4.40 Å². The van der Waals surface area contributed by atoms with Crippen LogP contribution >= 0.6 is 0 Å². The normalized spacial score (nSPS) is 10.7. The molecule has 19 heavy (non-hydrogen) atoms. The number of nitrogens with zero attached hydrogens (tertiary/aromatic N) is 4. The zero-order chi connectivity index (χ0) is 13.2. The Kier molecular flexibility index (Phi) is 2.60. The van der Waals surface area contributed by atoms with Gasteiger partial charge in [0.25, 0.3) is 0 Å². The van der Waals surface area contributed by atoms with Gasteiger partial charge in [-0.05, 0) is 12.1 Å². The number of aromatic nitrogens is 4. The molecule has 0 spiro atoms. The number of aromatic carboxylic acids is 1. The van der Waals surface area contributed by atoms with Gasteiger partial charge in [-0.1, -0.05) is 0 Å². The van der Waals surface area contributed by atoms with Crippen molar-refractivity contribution in [3.05, 3.63) is 42.4 Å². The van der Waals surface area contributed by atoms with Crippen molar-refractivity contribution in [3.63, 3.8) is 0 Å². The molecule has 2 N–H and O–H groups in total. The maximum atomic E-state index is 10.7. The third-order valence-electron chi connectivity index (χ3n) is 2.52. The summed E-state index contributed by atoms with van der Waals surface area (Å²) >= 11 is 0. The Bertz CT molecular complexity index is 733. The van der Waals surface area contributed by atoms with E-state index in [0.29, 0.717) is 23.8 Å². The minimum atomic E-state index is -1.09. The Labute approximate surface area is 106 Å². The number of hydrogen-bond donors (Lipinski definition) is 2. The lowest BCUT2D eigenvalue weighted by Crippen LogP contribution is -2.03. The van der Waals surface area contributed by atoms with Crippen molar-refractivity contribution in [2.45, 2.75) is 6.54 Å². The quantitative estimate of drug-likeness (QED) is 0.720. The van der Waals surface area contributed by atoms with Crippen LogP contribution in [0.4, 0.5) is 5.82 Å². The van der Waals surface area contributed by atoms with E-state index in [0.717, 1.165) is 0 Å². The molecule has 3 rings (SSSR count). The molecule has 0 radical (unpaired) electrons. The van der Waals surface area contributed by atoms with Crippen molar-refractivity contribution in [2.24, 2.45) is 0 Å². The predicted molar refractivity (Wildman–Crippen MR) is 63.8 cm³/mol. The van der Waals surface area contributed by atoms with E-state index in [1.54, 1.807) is 29.2 Å². The molecule has 3 heterocycles. The van der Waals surface area contributed by atoms with E-state index < -0.39 is 5.97 Å². The second-order valence-corrected chi connectivity index (χ2v) is 3.76. The fraction of sp³-hybridized carbons (Fsp3) is 0.0909. The van der Waals surface area contributed by atoms with Gasteiger partial charge in [0.2, 0.25) is 11.4 Å². The number of carbonyl (C=O) groups is 1. The van der Waals surface area contributed by atoms with Crippen LogP contribution in [0.2, 0.25) is 0 Å². The molecule has 0 saturated carbocycles. The molecule has 0 aliphatic rings. The molecule has 3 aromatic rings. The fourth-order valence-electron chi connectivity index (χ4n) is 1.64. The first-order valence-corrected chi connectivity index (χ1v) is 5.44. The van der Waals surface area contributed by atoms with E-state index in [4.69, 9.17) is 9.52 Å². The largest absolute Gasteiger partial charge is 0.475 e. The number of furan rings is 1. The summed E-state index contributed by atoms with van der Waals surface area (Å²) in [6.07, 6.45) is 4.91. The molecule has 0 bridgehead atoms. The fourth-order valence-corrected chi connectivity index (χ4v) is 1.64. The molecular weight excluding hydrogens is 250 g/mol. The van der Waals surface area contributed by atoms with Gasteiger partial charge in [-0.15, -0.1) is 10.2 Å². The number of anilines is 1. The molecule has 3 aromatic heterocycles. The van der Waals surface area contributed by atoms with Crippen LogP contribution in [-0.4, -0.2) is 30.7 Å². The summed E-state index contributed by atoms with van der Waals surface area (Å²) in [5.41, 5.74) is 0.590. The van der Waals surface area contributed by atoms with Crippen molar-refractivity contribution >= 4 is 17.4 Å². The van der Waals surface area contributed by atoms with Crippen LogP contribution < -0.4 is 5.32 Å².